The van der Waals surface area contributed by atoms with Crippen LogP contribution in [0.15, 0.2) is 91.0 Å². The van der Waals surface area contributed by atoms with E-state index in [1.807, 2.05) is 54.6 Å². The van der Waals surface area contributed by atoms with Crippen LogP contribution in [0.25, 0.3) is 0 Å². The molecule has 3 rings (SSSR count). The van der Waals surface area contributed by atoms with Crippen molar-refractivity contribution in [3.05, 3.63) is 108 Å². The van der Waals surface area contributed by atoms with Crippen molar-refractivity contribution in [3.63, 3.8) is 0 Å². The Morgan fingerprint density at radius 2 is 1.15 bits per heavy atom. The molecule has 0 radical (unpaired) electrons. The van der Waals surface area contributed by atoms with Crippen LogP contribution in [-0.2, 0) is 5.54 Å². The maximum absolute atomic E-state index is 12.8. The zero-order chi connectivity index (χ0) is 19.0. The first kappa shape index (κ1) is 18.7. The van der Waals surface area contributed by atoms with Crippen LogP contribution >= 0.6 is 0 Å². The van der Waals surface area contributed by atoms with E-state index < -0.39 is 5.54 Å². The smallest absolute Gasteiger partial charge is 0.316 e. The summed E-state index contributed by atoms with van der Waals surface area (Å²) in [4.78, 5) is 12.8. The summed E-state index contributed by atoms with van der Waals surface area (Å²) in [6.45, 7) is 2.78. The van der Waals surface area contributed by atoms with Gasteiger partial charge in [0, 0.05) is 6.54 Å². The molecular weight excluding hydrogens is 332 g/mol. The van der Waals surface area contributed by atoms with Gasteiger partial charge in [0.1, 0.15) is 5.54 Å². The number of benzene rings is 3. The van der Waals surface area contributed by atoms with E-state index in [1.165, 1.54) is 0 Å². The molecule has 2 N–H and O–H groups in total. The van der Waals surface area contributed by atoms with Crippen LogP contribution in [0.2, 0.25) is 0 Å². The number of nitrogens with one attached hydrogen (secondary N) is 2. The van der Waals surface area contributed by atoms with Gasteiger partial charge in [-0.3, -0.25) is 0 Å². The second kappa shape index (κ2) is 9.04. The lowest BCUT2D eigenvalue weighted by atomic mass is 9.77. The van der Waals surface area contributed by atoms with Crippen molar-refractivity contribution < 1.29 is 4.79 Å². The van der Waals surface area contributed by atoms with Gasteiger partial charge in [0.2, 0.25) is 0 Å². The number of carbonyl (C=O) groups is 1. The largest absolute Gasteiger partial charge is 0.338 e. The van der Waals surface area contributed by atoms with Crippen LogP contribution in [0, 0.1) is 0 Å². The molecule has 0 saturated heterocycles. The zero-order valence-corrected chi connectivity index (χ0v) is 15.7. The predicted octanol–water partition coefficient (Wildman–Crippen LogP) is 5.08. The molecule has 0 bridgehead atoms. The van der Waals surface area contributed by atoms with Gasteiger partial charge in [0.25, 0.3) is 0 Å². The van der Waals surface area contributed by atoms with E-state index in [1.54, 1.807) is 0 Å². The molecule has 0 aliphatic carbocycles. The fraction of sp³-hybridized carbons (Fsp3) is 0.208. The highest BCUT2D eigenvalue weighted by Crippen LogP contribution is 2.36. The first-order valence-electron chi connectivity index (χ1n) is 9.50. The topological polar surface area (TPSA) is 41.1 Å². The van der Waals surface area contributed by atoms with Crippen LogP contribution in [-0.4, -0.2) is 12.6 Å². The Morgan fingerprint density at radius 3 is 1.52 bits per heavy atom. The average molecular weight is 358 g/mol. The van der Waals surface area contributed by atoms with Crippen molar-refractivity contribution in [1.82, 2.24) is 10.6 Å². The van der Waals surface area contributed by atoms with Crippen molar-refractivity contribution in [2.24, 2.45) is 0 Å². The lowest BCUT2D eigenvalue weighted by Crippen LogP contribution is -2.51. The van der Waals surface area contributed by atoms with Gasteiger partial charge in [0.15, 0.2) is 0 Å². The lowest BCUT2D eigenvalue weighted by Gasteiger charge is -2.36. The Bertz CT molecular complexity index is 735. The van der Waals surface area contributed by atoms with Gasteiger partial charge < -0.3 is 10.6 Å². The molecule has 0 fully saturated rings. The number of urea groups is 1. The van der Waals surface area contributed by atoms with Gasteiger partial charge in [0.05, 0.1) is 0 Å². The molecule has 2 amide bonds. The summed E-state index contributed by atoms with van der Waals surface area (Å²) in [6, 6.07) is 30.2. The van der Waals surface area contributed by atoms with Crippen molar-refractivity contribution in [1.29, 1.82) is 0 Å². The van der Waals surface area contributed by atoms with Crippen molar-refractivity contribution >= 4 is 6.03 Å². The standard InChI is InChI=1S/C24H26N2O/c1-2-3-19-25-23(27)26-24(20-13-7-4-8-14-20,21-15-9-5-10-16-21)22-17-11-6-12-18-22/h4-18H,2-3,19H2,1H3,(H2,25,26,27). The maximum atomic E-state index is 12.8. The van der Waals surface area contributed by atoms with E-state index in [-0.39, 0.29) is 6.03 Å². The molecule has 0 heterocycles. The molecule has 3 nitrogen and oxygen atoms in total. The van der Waals surface area contributed by atoms with Crippen LogP contribution in [0.1, 0.15) is 36.5 Å². The lowest BCUT2D eigenvalue weighted by molar-refractivity contribution is 0.234. The van der Waals surface area contributed by atoms with Gasteiger partial charge >= 0.3 is 6.03 Å². The molecule has 138 valence electrons. The Balaban J connectivity index is 2.12. The summed E-state index contributed by atoms with van der Waals surface area (Å²) in [5, 5.41) is 6.29. The highest BCUT2D eigenvalue weighted by Gasteiger charge is 2.37. The third-order valence-electron chi connectivity index (χ3n) is 4.74. The summed E-state index contributed by atoms with van der Waals surface area (Å²) in [5.41, 5.74) is 2.30. The second-order valence-electron chi connectivity index (χ2n) is 6.58. The van der Waals surface area contributed by atoms with Crippen LogP contribution in [0.5, 0.6) is 0 Å². The normalized spacial score (nSPS) is 11.0. The quantitative estimate of drug-likeness (QED) is 0.449. The van der Waals surface area contributed by atoms with Gasteiger partial charge in [-0.25, -0.2) is 4.79 Å². The van der Waals surface area contributed by atoms with Crippen molar-refractivity contribution in [3.8, 4) is 0 Å². The third kappa shape index (κ3) is 4.20. The molecule has 0 atom stereocenters. The Hall–Kier alpha value is -3.07. The fourth-order valence-electron chi connectivity index (χ4n) is 3.37. The van der Waals surface area contributed by atoms with E-state index in [4.69, 9.17) is 0 Å². The molecule has 0 spiro atoms. The molecule has 3 aromatic carbocycles. The number of hydrogen-bond donors (Lipinski definition) is 2. The average Bonchev–Trinajstić information content (AvgIpc) is 2.74. The van der Waals surface area contributed by atoms with Crippen LogP contribution in [0.3, 0.4) is 0 Å². The summed E-state index contributed by atoms with van der Waals surface area (Å²) in [6.07, 6.45) is 2.00. The molecule has 3 aromatic rings. The predicted molar refractivity (Wildman–Crippen MR) is 111 cm³/mol. The van der Waals surface area contributed by atoms with E-state index in [0.29, 0.717) is 6.54 Å². The Kier molecular flexibility index (Phi) is 6.26. The first-order chi connectivity index (χ1) is 13.3. The fourth-order valence-corrected chi connectivity index (χ4v) is 3.37. The summed E-state index contributed by atoms with van der Waals surface area (Å²) >= 11 is 0. The Morgan fingerprint density at radius 1 is 0.741 bits per heavy atom. The third-order valence-corrected chi connectivity index (χ3v) is 4.74. The minimum atomic E-state index is -0.764. The number of amides is 2. The summed E-state index contributed by atoms with van der Waals surface area (Å²) < 4.78 is 0. The van der Waals surface area contributed by atoms with E-state index >= 15 is 0 Å². The van der Waals surface area contributed by atoms with Crippen molar-refractivity contribution in [2.45, 2.75) is 25.3 Å². The first-order valence-corrected chi connectivity index (χ1v) is 9.50. The van der Waals surface area contributed by atoms with Crippen LogP contribution in [0.4, 0.5) is 4.79 Å². The SMILES string of the molecule is CCCCNC(=O)NC(c1ccccc1)(c1ccccc1)c1ccccc1. The molecule has 0 aliphatic heterocycles. The molecule has 3 heteroatoms. The van der Waals surface area contributed by atoms with Gasteiger partial charge in [-0.15, -0.1) is 0 Å². The minimum absolute atomic E-state index is 0.167. The van der Waals surface area contributed by atoms with Gasteiger partial charge in [-0.2, -0.15) is 0 Å². The summed E-state index contributed by atoms with van der Waals surface area (Å²) in [7, 11) is 0. The highest BCUT2D eigenvalue weighted by atomic mass is 16.2. The highest BCUT2D eigenvalue weighted by molar-refractivity contribution is 5.77. The number of carbonyl (C=O) groups excluding carboxylic acids is 1. The van der Waals surface area contributed by atoms with Gasteiger partial charge in [-0.05, 0) is 23.1 Å². The van der Waals surface area contributed by atoms with Crippen LogP contribution < -0.4 is 10.6 Å². The molecule has 27 heavy (non-hydrogen) atoms. The van der Waals surface area contributed by atoms with Crippen molar-refractivity contribution in [2.75, 3.05) is 6.54 Å². The number of rotatable bonds is 7. The monoisotopic (exact) mass is 358 g/mol. The van der Waals surface area contributed by atoms with E-state index in [9.17, 15) is 4.79 Å². The molecule has 0 unspecified atom stereocenters. The molecule has 0 aromatic heterocycles. The summed E-state index contributed by atoms with van der Waals surface area (Å²) in [5.74, 6) is 0. The number of unbranched alkanes of at least 4 members (excludes halogenated alkanes) is 1. The molecule has 0 aliphatic rings. The van der Waals surface area contributed by atoms with E-state index in [0.717, 1.165) is 29.5 Å². The van der Waals surface area contributed by atoms with E-state index in [2.05, 4.69) is 54.0 Å². The second-order valence-corrected chi connectivity index (χ2v) is 6.58. The molecular formula is C24H26N2O. The number of hydrogen-bond acceptors (Lipinski definition) is 1. The maximum Gasteiger partial charge on any atom is 0.316 e. The van der Waals surface area contributed by atoms with Gasteiger partial charge in [-0.1, -0.05) is 104 Å². The Labute approximate surface area is 161 Å². The zero-order valence-electron chi connectivity index (χ0n) is 15.7. The minimum Gasteiger partial charge on any atom is -0.338 e. The molecule has 0 saturated carbocycles.